The molecular formula is C13H20N2O2. The van der Waals surface area contributed by atoms with Gasteiger partial charge in [0.2, 0.25) is 11.8 Å². The van der Waals surface area contributed by atoms with Gasteiger partial charge in [0.15, 0.2) is 0 Å². The smallest absolute Gasteiger partial charge is 0.249 e. The third-order valence-corrected chi connectivity index (χ3v) is 3.63. The Morgan fingerprint density at radius 3 is 2.65 bits per heavy atom. The molecule has 0 saturated heterocycles. The third-order valence-electron chi connectivity index (χ3n) is 3.63. The molecule has 0 radical (unpaired) electrons. The average molecular weight is 236 g/mol. The van der Waals surface area contributed by atoms with Crippen molar-refractivity contribution in [3.8, 4) is 0 Å². The molecule has 2 amide bonds. The van der Waals surface area contributed by atoms with Crippen LogP contribution in [0.4, 0.5) is 0 Å². The maximum atomic E-state index is 12.3. The summed E-state index contributed by atoms with van der Waals surface area (Å²) in [6, 6.07) is -0.0753. The molecule has 1 atom stereocenters. The van der Waals surface area contributed by atoms with Gasteiger partial charge in [0.25, 0.3) is 0 Å². The summed E-state index contributed by atoms with van der Waals surface area (Å²) >= 11 is 0. The molecule has 1 heterocycles. The van der Waals surface area contributed by atoms with Crippen molar-refractivity contribution in [1.82, 2.24) is 10.2 Å². The van der Waals surface area contributed by atoms with Crippen molar-refractivity contribution in [2.24, 2.45) is 0 Å². The summed E-state index contributed by atoms with van der Waals surface area (Å²) in [4.78, 5) is 25.5. The fraction of sp³-hybridized carbons (Fsp3) is 0.692. The van der Waals surface area contributed by atoms with Crippen LogP contribution in [0.2, 0.25) is 0 Å². The van der Waals surface area contributed by atoms with Crippen LogP contribution in [-0.2, 0) is 9.59 Å². The monoisotopic (exact) mass is 236 g/mol. The average Bonchev–Trinajstić information content (AvgIpc) is 2.50. The second-order valence-electron chi connectivity index (χ2n) is 4.82. The minimum atomic E-state index is -0.362. The second kappa shape index (κ2) is 5.34. The van der Waals surface area contributed by atoms with Gasteiger partial charge < -0.3 is 10.2 Å². The molecule has 2 rings (SSSR count). The van der Waals surface area contributed by atoms with Gasteiger partial charge in [0.1, 0.15) is 6.04 Å². The number of rotatable bonds is 2. The topological polar surface area (TPSA) is 49.4 Å². The number of hydrogen-bond acceptors (Lipinski definition) is 2. The summed E-state index contributed by atoms with van der Waals surface area (Å²) in [5, 5.41) is 2.73. The van der Waals surface area contributed by atoms with Crippen molar-refractivity contribution in [3.63, 3.8) is 0 Å². The van der Waals surface area contributed by atoms with Gasteiger partial charge in [-0.2, -0.15) is 0 Å². The lowest BCUT2D eigenvalue weighted by Crippen LogP contribution is -2.47. The Hall–Kier alpha value is -1.32. The highest BCUT2D eigenvalue weighted by atomic mass is 16.2. The van der Waals surface area contributed by atoms with E-state index in [1.165, 1.54) is 25.3 Å². The van der Waals surface area contributed by atoms with E-state index in [1.807, 2.05) is 6.92 Å². The molecule has 1 unspecified atom stereocenters. The van der Waals surface area contributed by atoms with Crippen LogP contribution in [0, 0.1) is 0 Å². The van der Waals surface area contributed by atoms with Crippen molar-refractivity contribution in [1.29, 1.82) is 0 Å². The molecule has 4 nitrogen and oxygen atoms in total. The Morgan fingerprint density at radius 2 is 2.00 bits per heavy atom. The maximum Gasteiger partial charge on any atom is 0.249 e. The molecule has 1 N–H and O–H groups in total. The van der Waals surface area contributed by atoms with Crippen LogP contribution in [0.1, 0.15) is 45.4 Å². The zero-order chi connectivity index (χ0) is 12.3. The first-order chi connectivity index (χ1) is 8.22. The molecule has 0 spiro atoms. The summed E-state index contributed by atoms with van der Waals surface area (Å²) in [7, 11) is 0. The van der Waals surface area contributed by atoms with E-state index < -0.39 is 0 Å². The van der Waals surface area contributed by atoms with Gasteiger partial charge in [-0.25, -0.2) is 0 Å². The minimum absolute atomic E-state index is 0.0431. The maximum absolute atomic E-state index is 12.3. The second-order valence-corrected chi connectivity index (χ2v) is 4.82. The molecule has 94 valence electrons. The number of carbonyl (C=O) groups excluding carboxylic acids is 2. The number of hydrogen-bond donors (Lipinski definition) is 1. The summed E-state index contributed by atoms with van der Waals surface area (Å²) in [5.74, 6) is -0.120. The van der Waals surface area contributed by atoms with Crippen molar-refractivity contribution in [3.05, 3.63) is 12.3 Å². The predicted octanol–water partition coefficient (Wildman–Crippen LogP) is 1.57. The van der Waals surface area contributed by atoms with Crippen LogP contribution < -0.4 is 5.32 Å². The number of amides is 2. The van der Waals surface area contributed by atoms with Gasteiger partial charge in [-0.1, -0.05) is 26.2 Å². The molecule has 4 heteroatoms. The summed E-state index contributed by atoms with van der Waals surface area (Å²) in [5.41, 5.74) is 0. The van der Waals surface area contributed by atoms with Gasteiger partial charge >= 0.3 is 0 Å². The van der Waals surface area contributed by atoms with E-state index in [1.54, 1.807) is 11.1 Å². The summed E-state index contributed by atoms with van der Waals surface area (Å²) in [6.07, 6.45) is 9.53. The first-order valence-corrected chi connectivity index (χ1v) is 6.53. The highest BCUT2D eigenvalue weighted by Crippen LogP contribution is 2.24. The van der Waals surface area contributed by atoms with E-state index in [-0.39, 0.29) is 23.9 Å². The normalized spacial score (nSPS) is 26.9. The quantitative estimate of drug-likeness (QED) is 0.791. The molecule has 1 aliphatic carbocycles. The summed E-state index contributed by atoms with van der Waals surface area (Å²) in [6.45, 7) is 1.92. The fourth-order valence-corrected chi connectivity index (χ4v) is 2.62. The SMILES string of the molecule is CCC1NC(=O)C=CN(C2CCCCC2)C1=O. The van der Waals surface area contributed by atoms with Crippen molar-refractivity contribution in [2.45, 2.75) is 57.5 Å². The Kier molecular flexibility index (Phi) is 3.82. The van der Waals surface area contributed by atoms with Crippen LogP contribution in [0.3, 0.4) is 0 Å². The van der Waals surface area contributed by atoms with E-state index in [9.17, 15) is 9.59 Å². The third kappa shape index (κ3) is 2.68. The van der Waals surface area contributed by atoms with Crippen LogP contribution in [0.25, 0.3) is 0 Å². The van der Waals surface area contributed by atoms with Crippen LogP contribution >= 0.6 is 0 Å². The van der Waals surface area contributed by atoms with Crippen molar-refractivity contribution >= 4 is 11.8 Å². The molecule has 0 bridgehead atoms. The Balaban J connectivity index is 2.14. The Bertz CT molecular complexity index is 332. The molecule has 1 saturated carbocycles. The van der Waals surface area contributed by atoms with E-state index in [0.29, 0.717) is 6.42 Å². The van der Waals surface area contributed by atoms with Gasteiger partial charge in [-0.15, -0.1) is 0 Å². The van der Waals surface area contributed by atoms with Gasteiger partial charge in [-0.3, -0.25) is 9.59 Å². The lowest BCUT2D eigenvalue weighted by Gasteiger charge is -2.32. The van der Waals surface area contributed by atoms with E-state index >= 15 is 0 Å². The van der Waals surface area contributed by atoms with Crippen LogP contribution in [-0.4, -0.2) is 28.8 Å². The largest absolute Gasteiger partial charge is 0.341 e. The first-order valence-electron chi connectivity index (χ1n) is 6.53. The van der Waals surface area contributed by atoms with Gasteiger partial charge in [-0.05, 0) is 19.3 Å². The molecule has 0 aromatic heterocycles. The number of nitrogens with one attached hydrogen (secondary N) is 1. The molecule has 2 aliphatic rings. The van der Waals surface area contributed by atoms with Gasteiger partial charge in [0, 0.05) is 18.3 Å². The highest BCUT2D eigenvalue weighted by Gasteiger charge is 2.30. The van der Waals surface area contributed by atoms with Crippen LogP contribution in [0.15, 0.2) is 12.3 Å². The van der Waals surface area contributed by atoms with E-state index in [4.69, 9.17) is 0 Å². The standard InChI is InChI=1S/C13H20N2O2/c1-2-11-13(17)15(9-8-12(16)14-11)10-6-4-3-5-7-10/h8-11H,2-7H2,1H3,(H,14,16). The zero-order valence-electron chi connectivity index (χ0n) is 10.3. The van der Waals surface area contributed by atoms with Crippen LogP contribution in [0.5, 0.6) is 0 Å². The van der Waals surface area contributed by atoms with Crippen molar-refractivity contribution < 1.29 is 9.59 Å². The lowest BCUT2D eigenvalue weighted by molar-refractivity contribution is -0.134. The Morgan fingerprint density at radius 1 is 1.29 bits per heavy atom. The molecule has 0 aromatic rings. The highest BCUT2D eigenvalue weighted by molar-refractivity contribution is 5.95. The summed E-state index contributed by atoms with van der Waals surface area (Å²) < 4.78 is 0. The fourth-order valence-electron chi connectivity index (χ4n) is 2.62. The molecule has 1 aliphatic heterocycles. The Labute approximate surface area is 102 Å². The lowest BCUT2D eigenvalue weighted by atomic mass is 9.94. The first kappa shape index (κ1) is 12.1. The predicted molar refractivity (Wildman–Crippen MR) is 65.1 cm³/mol. The van der Waals surface area contributed by atoms with E-state index in [2.05, 4.69) is 5.32 Å². The van der Waals surface area contributed by atoms with Gasteiger partial charge in [0.05, 0.1) is 0 Å². The van der Waals surface area contributed by atoms with E-state index in [0.717, 1.165) is 12.8 Å². The number of nitrogens with zero attached hydrogens (tertiary/aromatic N) is 1. The molecular weight excluding hydrogens is 216 g/mol. The molecule has 0 aromatic carbocycles. The molecule has 17 heavy (non-hydrogen) atoms. The minimum Gasteiger partial charge on any atom is -0.341 e. The zero-order valence-corrected chi connectivity index (χ0v) is 10.3. The number of carbonyl (C=O) groups is 2. The molecule has 1 fully saturated rings. The van der Waals surface area contributed by atoms with Crippen molar-refractivity contribution in [2.75, 3.05) is 0 Å².